The number of nitriles is 1. The molecule has 1 N–H and O–H groups in total. The molecular formula is C13H15ClN2O2. The van der Waals surface area contributed by atoms with Gasteiger partial charge in [0.05, 0.1) is 11.1 Å². The lowest BCUT2D eigenvalue weighted by Gasteiger charge is -2.28. The van der Waals surface area contributed by atoms with Gasteiger partial charge in [0.1, 0.15) is 30.1 Å². The maximum atomic E-state index is 9.02. The summed E-state index contributed by atoms with van der Waals surface area (Å²) in [6.45, 7) is 4.04. The van der Waals surface area contributed by atoms with Gasteiger partial charge < -0.3 is 14.8 Å². The van der Waals surface area contributed by atoms with Crippen molar-refractivity contribution >= 4 is 11.6 Å². The third kappa shape index (κ3) is 3.14. The van der Waals surface area contributed by atoms with E-state index < -0.39 is 0 Å². The maximum absolute atomic E-state index is 9.02. The Morgan fingerprint density at radius 3 is 3.11 bits per heavy atom. The standard InChI is InChI=1S/C13H15ClN2O2/c1-9-6-16-7-10(18-9)8-17-13-4-2-3-12(14)11(13)5-15/h2-4,9-10,16H,6-8H2,1H3. The van der Waals surface area contributed by atoms with Crippen molar-refractivity contribution in [1.82, 2.24) is 5.32 Å². The van der Waals surface area contributed by atoms with Gasteiger partial charge in [-0.2, -0.15) is 5.26 Å². The summed E-state index contributed by atoms with van der Waals surface area (Å²) in [5.74, 6) is 0.506. The minimum atomic E-state index is -0.000672. The number of hydrogen-bond donors (Lipinski definition) is 1. The van der Waals surface area contributed by atoms with Crippen molar-refractivity contribution in [2.75, 3.05) is 19.7 Å². The summed E-state index contributed by atoms with van der Waals surface area (Å²) in [4.78, 5) is 0. The van der Waals surface area contributed by atoms with E-state index in [0.717, 1.165) is 13.1 Å². The summed E-state index contributed by atoms with van der Waals surface area (Å²) in [6, 6.07) is 7.23. The van der Waals surface area contributed by atoms with Crippen molar-refractivity contribution in [3.8, 4) is 11.8 Å². The Balaban J connectivity index is 1.98. The number of nitrogens with one attached hydrogen (secondary N) is 1. The van der Waals surface area contributed by atoms with Gasteiger partial charge in [0.25, 0.3) is 0 Å². The fraction of sp³-hybridized carbons (Fsp3) is 0.462. The van der Waals surface area contributed by atoms with E-state index in [4.69, 9.17) is 26.3 Å². The molecule has 0 aromatic heterocycles. The van der Waals surface area contributed by atoms with Crippen LogP contribution in [0.3, 0.4) is 0 Å². The number of hydrogen-bond acceptors (Lipinski definition) is 4. The second kappa shape index (κ2) is 6.05. The molecule has 1 fully saturated rings. The highest BCUT2D eigenvalue weighted by Gasteiger charge is 2.19. The largest absolute Gasteiger partial charge is 0.489 e. The van der Waals surface area contributed by atoms with E-state index in [2.05, 4.69) is 5.32 Å². The van der Waals surface area contributed by atoms with E-state index in [9.17, 15) is 0 Å². The first-order chi connectivity index (χ1) is 8.70. The van der Waals surface area contributed by atoms with Crippen molar-refractivity contribution in [3.05, 3.63) is 28.8 Å². The molecule has 2 rings (SSSR count). The highest BCUT2D eigenvalue weighted by atomic mass is 35.5. The molecule has 1 aromatic rings. The molecule has 96 valence electrons. The molecule has 0 spiro atoms. The van der Waals surface area contributed by atoms with Gasteiger partial charge in [-0.1, -0.05) is 17.7 Å². The van der Waals surface area contributed by atoms with Crippen LogP contribution < -0.4 is 10.1 Å². The summed E-state index contributed by atoms with van der Waals surface area (Å²) in [5, 5.41) is 12.7. The second-order valence-corrected chi connectivity index (χ2v) is 4.67. The first-order valence-electron chi connectivity index (χ1n) is 5.88. The van der Waals surface area contributed by atoms with E-state index in [1.165, 1.54) is 0 Å². The monoisotopic (exact) mass is 266 g/mol. The number of rotatable bonds is 3. The molecule has 1 heterocycles. The summed E-state index contributed by atoms with van der Waals surface area (Å²) in [6.07, 6.45) is 0.182. The fourth-order valence-corrected chi connectivity index (χ4v) is 2.09. The lowest BCUT2D eigenvalue weighted by Crippen LogP contribution is -2.45. The van der Waals surface area contributed by atoms with Gasteiger partial charge in [0.2, 0.25) is 0 Å². The first-order valence-corrected chi connectivity index (χ1v) is 6.26. The van der Waals surface area contributed by atoms with Crippen LogP contribution in [-0.4, -0.2) is 31.9 Å². The molecule has 2 unspecified atom stereocenters. The molecular weight excluding hydrogens is 252 g/mol. The highest BCUT2D eigenvalue weighted by molar-refractivity contribution is 6.31. The topological polar surface area (TPSA) is 54.3 Å². The van der Waals surface area contributed by atoms with Crippen LogP contribution in [-0.2, 0) is 4.74 Å². The summed E-state index contributed by atoms with van der Waals surface area (Å²) in [5.41, 5.74) is 0.371. The normalized spacial score (nSPS) is 23.4. The van der Waals surface area contributed by atoms with E-state index >= 15 is 0 Å². The number of morpholine rings is 1. The minimum absolute atomic E-state index is 0.000672. The number of ether oxygens (including phenoxy) is 2. The molecule has 1 aliphatic heterocycles. The molecule has 18 heavy (non-hydrogen) atoms. The van der Waals surface area contributed by atoms with Gasteiger partial charge in [-0.15, -0.1) is 0 Å². The van der Waals surface area contributed by atoms with Crippen molar-refractivity contribution in [1.29, 1.82) is 5.26 Å². The van der Waals surface area contributed by atoms with Crippen molar-refractivity contribution in [2.24, 2.45) is 0 Å². The first kappa shape index (κ1) is 13.2. The molecule has 5 heteroatoms. The Morgan fingerprint density at radius 2 is 2.39 bits per heavy atom. The van der Waals surface area contributed by atoms with Gasteiger partial charge in [-0.3, -0.25) is 0 Å². The molecule has 0 bridgehead atoms. The van der Waals surface area contributed by atoms with Crippen LogP contribution in [0.25, 0.3) is 0 Å². The Bertz CT molecular complexity index is 459. The zero-order chi connectivity index (χ0) is 13.0. The van der Waals surface area contributed by atoms with Gasteiger partial charge in [0.15, 0.2) is 0 Å². The average Bonchev–Trinajstić information content (AvgIpc) is 2.36. The van der Waals surface area contributed by atoms with Crippen molar-refractivity contribution < 1.29 is 9.47 Å². The molecule has 0 radical (unpaired) electrons. The third-order valence-corrected chi connectivity index (χ3v) is 3.06. The van der Waals surface area contributed by atoms with Crippen LogP contribution in [0, 0.1) is 11.3 Å². The predicted octanol–water partition coefficient (Wildman–Crippen LogP) is 1.97. The van der Waals surface area contributed by atoms with Crippen LogP contribution in [0.2, 0.25) is 5.02 Å². The van der Waals surface area contributed by atoms with Gasteiger partial charge in [-0.05, 0) is 19.1 Å². The molecule has 2 atom stereocenters. The molecule has 1 aliphatic rings. The van der Waals surface area contributed by atoms with Gasteiger partial charge >= 0.3 is 0 Å². The van der Waals surface area contributed by atoms with Crippen LogP contribution in [0.5, 0.6) is 5.75 Å². The quantitative estimate of drug-likeness (QED) is 0.909. The molecule has 1 saturated heterocycles. The smallest absolute Gasteiger partial charge is 0.138 e. The zero-order valence-corrected chi connectivity index (χ0v) is 10.9. The minimum Gasteiger partial charge on any atom is -0.489 e. The van der Waals surface area contributed by atoms with Crippen LogP contribution >= 0.6 is 11.6 Å². The van der Waals surface area contributed by atoms with Gasteiger partial charge in [0, 0.05) is 13.1 Å². The van der Waals surface area contributed by atoms with Crippen LogP contribution in [0.1, 0.15) is 12.5 Å². The molecule has 4 nitrogen and oxygen atoms in total. The van der Waals surface area contributed by atoms with Gasteiger partial charge in [-0.25, -0.2) is 0 Å². The van der Waals surface area contributed by atoms with Crippen LogP contribution in [0.4, 0.5) is 0 Å². The molecule has 1 aromatic carbocycles. The fourth-order valence-electron chi connectivity index (χ4n) is 1.89. The lowest BCUT2D eigenvalue weighted by atomic mass is 10.2. The van der Waals surface area contributed by atoms with Crippen molar-refractivity contribution in [2.45, 2.75) is 19.1 Å². The van der Waals surface area contributed by atoms with E-state index in [0.29, 0.717) is 22.9 Å². The number of nitrogens with zero attached hydrogens (tertiary/aromatic N) is 1. The second-order valence-electron chi connectivity index (χ2n) is 4.26. The van der Waals surface area contributed by atoms with E-state index in [-0.39, 0.29) is 12.2 Å². The Hall–Kier alpha value is -1.28. The molecule has 0 amide bonds. The maximum Gasteiger partial charge on any atom is 0.138 e. The lowest BCUT2D eigenvalue weighted by molar-refractivity contribution is -0.0470. The highest BCUT2D eigenvalue weighted by Crippen LogP contribution is 2.25. The van der Waals surface area contributed by atoms with E-state index in [1.54, 1.807) is 18.2 Å². The third-order valence-electron chi connectivity index (χ3n) is 2.74. The van der Waals surface area contributed by atoms with Crippen LogP contribution in [0.15, 0.2) is 18.2 Å². The SMILES string of the molecule is CC1CNCC(COc2cccc(Cl)c2C#N)O1. The number of halogens is 1. The predicted molar refractivity (Wildman–Crippen MR) is 68.9 cm³/mol. The number of benzene rings is 1. The molecule has 0 aliphatic carbocycles. The summed E-state index contributed by atoms with van der Waals surface area (Å²) < 4.78 is 11.3. The Labute approximate surface area is 111 Å². The van der Waals surface area contributed by atoms with E-state index in [1.807, 2.05) is 13.0 Å². The summed E-state index contributed by atoms with van der Waals surface area (Å²) >= 11 is 5.93. The average molecular weight is 267 g/mol. The molecule has 0 saturated carbocycles. The Morgan fingerprint density at radius 1 is 1.56 bits per heavy atom. The summed E-state index contributed by atoms with van der Waals surface area (Å²) in [7, 11) is 0. The van der Waals surface area contributed by atoms with Crippen molar-refractivity contribution in [3.63, 3.8) is 0 Å². The Kier molecular flexibility index (Phi) is 4.43. The zero-order valence-electron chi connectivity index (χ0n) is 10.1.